The minimum Gasteiger partial charge on any atom is -0.479 e. The van der Waals surface area contributed by atoms with E-state index < -0.39 is 23.9 Å². The Kier molecular flexibility index (Phi) is 2.97. The number of halogens is 4. The van der Waals surface area contributed by atoms with Crippen LogP contribution in [0.15, 0.2) is 24.3 Å². The van der Waals surface area contributed by atoms with Crippen LogP contribution >= 0.6 is 0 Å². The minimum absolute atomic E-state index is 0.310. The number of rotatable bonds is 2. The van der Waals surface area contributed by atoms with Crippen molar-refractivity contribution in [2.24, 2.45) is 0 Å². The summed E-state index contributed by atoms with van der Waals surface area (Å²) >= 11 is 0. The number of alkyl halides is 4. The first kappa shape index (κ1) is 11.5. The summed E-state index contributed by atoms with van der Waals surface area (Å²) in [5, 5.41) is 8.27. The van der Waals surface area contributed by atoms with Crippen molar-refractivity contribution in [2.45, 2.75) is 12.3 Å². The molecule has 0 unspecified atom stereocenters. The lowest BCUT2D eigenvalue weighted by atomic mass is 10.1. The van der Waals surface area contributed by atoms with Gasteiger partial charge in [0.1, 0.15) is 0 Å². The monoisotopic (exact) mass is 222 g/mol. The Morgan fingerprint density at radius 3 is 2.00 bits per heavy atom. The molecule has 1 aromatic rings. The number of carboxylic acid groups (broad SMARTS) is 1. The van der Waals surface area contributed by atoms with Crippen molar-refractivity contribution in [3.63, 3.8) is 0 Å². The van der Waals surface area contributed by atoms with Gasteiger partial charge in [-0.25, -0.2) is 9.18 Å². The van der Waals surface area contributed by atoms with Crippen molar-refractivity contribution in [3.8, 4) is 0 Å². The van der Waals surface area contributed by atoms with Crippen molar-refractivity contribution >= 4 is 5.97 Å². The smallest absolute Gasteiger partial charge is 0.416 e. The molecule has 0 heterocycles. The van der Waals surface area contributed by atoms with Gasteiger partial charge in [-0.3, -0.25) is 0 Å². The highest BCUT2D eigenvalue weighted by atomic mass is 19.4. The molecule has 0 radical (unpaired) electrons. The fraction of sp³-hybridized carbons (Fsp3) is 0.222. The van der Waals surface area contributed by atoms with Gasteiger partial charge in [0.25, 0.3) is 0 Å². The Labute approximate surface area is 82.1 Å². The summed E-state index contributed by atoms with van der Waals surface area (Å²) in [6, 6.07) is 2.90. The first-order chi connectivity index (χ1) is 6.82. The third-order valence-corrected chi connectivity index (χ3v) is 1.75. The topological polar surface area (TPSA) is 37.3 Å². The molecule has 15 heavy (non-hydrogen) atoms. The molecule has 0 aliphatic rings. The summed E-state index contributed by atoms with van der Waals surface area (Å²) in [6.07, 6.45) is -6.81. The van der Waals surface area contributed by atoms with E-state index in [1.54, 1.807) is 0 Å². The normalized spacial score (nSPS) is 13.6. The molecule has 1 rings (SSSR count). The Bertz CT molecular complexity index is 355. The number of hydrogen-bond acceptors (Lipinski definition) is 1. The molecule has 0 bridgehead atoms. The van der Waals surface area contributed by atoms with Crippen LogP contribution < -0.4 is 0 Å². The summed E-state index contributed by atoms with van der Waals surface area (Å²) in [5.74, 6) is -1.73. The lowest BCUT2D eigenvalue weighted by molar-refractivity contribution is -0.143. The molecule has 0 aromatic heterocycles. The van der Waals surface area contributed by atoms with Gasteiger partial charge in [-0.1, -0.05) is 12.1 Å². The molecule has 1 aromatic carbocycles. The third-order valence-electron chi connectivity index (χ3n) is 1.75. The van der Waals surface area contributed by atoms with Crippen LogP contribution in [0, 0.1) is 0 Å². The lowest BCUT2D eigenvalue weighted by Gasteiger charge is -2.08. The zero-order valence-electron chi connectivity index (χ0n) is 7.25. The Balaban J connectivity index is 2.95. The fourth-order valence-corrected chi connectivity index (χ4v) is 0.984. The van der Waals surface area contributed by atoms with Crippen LogP contribution in [0.25, 0.3) is 0 Å². The molecule has 6 heteroatoms. The molecule has 2 nitrogen and oxygen atoms in total. The van der Waals surface area contributed by atoms with Gasteiger partial charge in [-0.2, -0.15) is 13.2 Å². The maximum absolute atomic E-state index is 12.8. The van der Waals surface area contributed by atoms with Crippen LogP contribution in [-0.2, 0) is 11.0 Å². The maximum Gasteiger partial charge on any atom is 0.416 e. The third kappa shape index (κ3) is 2.68. The molecule has 0 saturated carbocycles. The molecule has 0 saturated heterocycles. The van der Waals surface area contributed by atoms with Crippen LogP contribution in [0.1, 0.15) is 17.3 Å². The van der Waals surface area contributed by atoms with Gasteiger partial charge in [0.15, 0.2) is 0 Å². The largest absolute Gasteiger partial charge is 0.479 e. The Morgan fingerprint density at radius 1 is 1.20 bits per heavy atom. The zero-order valence-corrected chi connectivity index (χ0v) is 7.25. The minimum atomic E-state index is -4.51. The number of aliphatic carboxylic acids is 1. The fourth-order valence-electron chi connectivity index (χ4n) is 0.984. The molecule has 0 aliphatic carbocycles. The molecular weight excluding hydrogens is 216 g/mol. The molecule has 82 valence electrons. The average molecular weight is 222 g/mol. The van der Waals surface area contributed by atoms with Gasteiger partial charge in [-0.15, -0.1) is 0 Å². The van der Waals surface area contributed by atoms with Crippen LogP contribution in [0.2, 0.25) is 0 Å². The van der Waals surface area contributed by atoms with Gasteiger partial charge in [-0.05, 0) is 17.7 Å². The molecule has 0 fully saturated rings. The predicted molar refractivity (Wildman–Crippen MR) is 42.9 cm³/mol. The van der Waals surface area contributed by atoms with E-state index in [0.29, 0.717) is 12.1 Å². The molecule has 0 aliphatic heterocycles. The summed E-state index contributed by atoms with van der Waals surface area (Å²) < 4.78 is 49.0. The average Bonchev–Trinajstić information content (AvgIpc) is 2.15. The SMILES string of the molecule is O=C(O)[C@H](F)c1ccc(C(F)(F)F)cc1. The van der Waals surface area contributed by atoms with Gasteiger partial charge >= 0.3 is 12.1 Å². The maximum atomic E-state index is 12.8. The number of carboxylic acids is 1. The highest BCUT2D eigenvalue weighted by molar-refractivity contribution is 5.74. The van der Waals surface area contributed by atoms with Crippen molar-refractivity contribution in [1.29, 1.82) is 0 Å². The van der Waals surface area contributed by atoms with Gasteiger partial charge in [0.2, 0.25) is 6.17 Å². The van der Waals surface area contributed by atoms with E-state index in [4.69, 9.17) is 5.11 Å². The van der Waals surface area contributed by atoms with Crippen LogP contribution in [0.4, 0.5) is 17.6 Å². The van der Waals surface area contributed by atoms with E-state index in [1.807, 2.05) is 0 Å². The van der Waals surface area contributed by atoms with Crippen molar-refractivity contribution in [2.75, 3.05) is 0 Å². The van der Waals surface area contributed by atoms with Crippen LogP contribution in [-0.4, -0.2) is 11.1 Å². The Morgan fingerprint density at radius 2 is 1.67 bits per heavy atom. The molecule has 1 atom stereocenters. The zero-order chi connectivity index (χ0) is 11.6. The second kappa shape index (κ2) is 3.88. The van der Waals surface area contributed by atoms with E-state index in [2.05, 4.69) is 0 Å². The molecule has 1 N–H and O–H groups in total. The van der Waals surface area contributed by atoms with Gasteiger partial charge in [0, 0.05) is 0 Å². The van der Waals surface area contributed by atoms with Gasteiger partial charge in [0.05, 0.1) is 5.56 Å². The summed E-state index contributed by atoms with van der Waals surface area (Å²) in [6.45, 7) is 0. The standard InChI is InChI=1S/C9H6F4O2/c10-7(8(14)15)5-1-3-6(4-2-5)9(11,12)13/h1-4,7H,(H,14,15)/t7-/m1/s1. The van der Waals surface area contributed by atoms with E-state index in [1.165, 1.54) is 0 Å². The summed E-state index contributed by atoms with van der Waals surface area (Å²) in [7, 11) is 0. The van der Waals surface area contributed by atoms with Crippen molar-refractivity contribution in [3.05, 3.63) is 35.4 Å². The van der Waals surface area contributed by atoms with Crippen molar-refractivity contribution in [1.82, 2.24) is 0 Å². The molecule has 0 amide bonds. The molecule has 0 spiro atoms. The van der Waals surface area contributed by atoms with Gasteiger partial charge < -0.3 is 5.11 Å². The quantitative estimate of drug-likeness (QED) is 0.781. The van der Waals surface area contributed by atoms with E-state index >= 15 is 0 Å². The van der Waals surface area contributed by atoms with Crippen LogP contribution in [0.3, 0.4) is 0 Å². The summed E-state index contributed by atoms with van der Waals surface area (Å²) in [4.78, 5) is 10.2. The Hall–Kier alpha value is -1.59. The van der Waals surface area contributed by atoms with Crippen LogP contribution in [0.5, 0.6) is 0 Å². The second-order valence-electron chi connectivity index (χ2n) is 2.82. The van der Waals surface area contributed by atoms with E-state index in [-0.39, 0.29) is 5.56 Å². The molecular formula is C9H6F4O2. The summed E-state index contributed by atoms with van der Waals surface area (Å²) in [5.41, 5.74) is -1.25. The number of hydrogen-bond donors (Lipinski definition) is 1. The number of carbonyl (C=O) groups is 1. The number of benzene rings is 1. The first-order valence-electron chi connectivity index (χ1n) is 3.86. The lowest BCUT2D eigenvalue weighted by Crippen LogP contribution is -2.08. The van der Waals surface area contributed by atoms with Crippen molar-refractivity contribution < 1.29 is 27.5 Å². The highest BCUT2D eigenvalue weighted by Crippen LogP contribution is 2.30. The van der Waals surface area contributed by atoms with E-state index in [9.17, 15) is 22.4 Å². The predicted octanol–water partition coefficient (Wildman–Crippen LogP) is 2.80. The van der Waals surface area contributed by atoms with E-state index in [0.717, 1.165) is 12.1 Å². The second-order valence-corrected chi connectivity index (χ2v) is 2.82. The highest BCUT2D eigenvalue weighted by Gasteiger charge is 2.30. The first-order valence-corrected chi connectivity index (χ1v) is 3.86.